The lowest BCUT2D eigenvalue weighted by atomic mass is 10.1. The van der Waals surface area contributed by atoms with Crippen LogP contribution in [0.3, 0.4) is 0 Å². The molecule has 0 saturated carbocycles. The van der Waals surface area contributed by atoms with Crippen molar-refractivity contribution in [2.75, 3.05) is 20.7 Å². The van der Waals surface area contributed by atoms with Crippen molar-refractivity contribution in [1.29, 1.82) is 0 Å². The van der Waals surface area contributed by atoms with Crippen molar-refractivity contribution in [3.8, 4) is 5.75 Å². The minimum absolute atomic E-state index is 0.0133. The van der Waals surface area contributed by atoms with E-state index in [1.165, 1.54) is 10.5 Å². The van der Waals surface area contributed by atoms with E-state index in [4.69, 9.17) is 4.74 Å². The molecule has 4 heteroatoms. The summed E-state index contributed by atoms with van der Waals surface area (Å²) in [5.41, 5.74) is 2.40. The number of fused-ring (bicyclic) bond motifs is 1. The number of hydrogen-bond acceptors (Lipinski definition) is 2. The Morgan fingerprint density at radius 3 is 2.38 bits per heavy atom. The van der Waals surface area contributed by atoms with Crippen LogP contribution in [0, 0.1) is 0 Å². The van der Waals surface area contributed by atoms with Crippen molar-refractivity contribution in [2.45, 2.75) is 13.1 Å². The third-order valence-corrected chi connectivity index (χ3v) is 4.23. The molecule has 0 aliphatic heterocycles. The molecule has 0 fully saturated rings. The van der Waals surface area contributed by atoms with E-state index in [1.54, 1.807) is 0 Å². The quantitative estimate of drug-likeness (QED) is 0.687. The molecule has 2 N–H and O–H groups in total. The average molecular weight is 349 g/mol. The maximum absolute atomic E-state index is 12.1. The lowest BCUT2D eigenvalue weighted by Gasteiger charge is -2.13. The Labute approximate surface area is 154 Å². The Hall–Kier alpha value is -2.85. The third kappa shape index (κ3) is 4.83. The maximum Gasteiger partial charge on any atom is 0.258 e. The van der Waals surface area contributed by atoms with Gasteiger partial charge in [0, 0.05) is 12.1 Å². The molecule has 3 rings (SSSR count). The van der Waals surface area contributed by atoms with Crippen LogP contribution in [0.5, 0.6) is 5.75 Å². The van der Waals surface area contributed by atoms with E-state index in [2.05, 4.69) is 37.6 Å². The van der Waals surface area contributed by atoms with Crippen LogP contribution in [-0.4, -0.2) is 26.6 Å². The molecule has 0 aromatic heterocycles. The number of ether oxygens (including phenoxy) is 1. The maximum atomic E-state index is 12.1. The van der Waals surface area contributed by atoms with Gasteiger partial charge in [-0.25, -0.2) is 0 Å². The highest BCUT2D eigenvalue weighted by atomic mass is 16.5. The van der Waals surface area contributed by atoms with Crippen LogP contribution < -0.4 is 15.0 Å². The zero-order valence-corrected chi connectivity index (χ0v) is 15.3. The Kier molecular flexibility index (Phi) is 5.87. The van der Waals surface area contributed by atoms with Crippen molar-refractivity contribution in [3.05, 3.63) is 77.9 Å². The fraction of sp³-hybridized carbons (Fsp3) is 0.227. The molecule has 0 atom stereocenters. The second-order valence-electron chi connectivity index (χ2n) is 6.73. The number of amides is 1. The van der Waals surface area contributed by atoms with Gasteiger partial charge in [0.05, 0.1) is 14.1 Å². The van der Waals surface area contributed by atoms with E-state index in [9.17, 15) is 4.79 Å². The molecule has 0 aliphatic carbocycles. The number of quaternary nitrogens is 1. The Morgan fingerprint density at radius 1 is 0.923 bits per heavy atom. The minimum atomic E-state index is -0.120. The van der Waals surface area contributed by atoms with Gasteiger partial charge in [-0.3, -0.25) is 4.79 Å². The van der Waals surface area contributed by atoms with Crippen LogP contribution >= 0.6 is 0 Å². The summed E-state index contributed by atoms with van der Waals surface area (Å²) in [4.78, 5) is 13.5. The molecule has 0 spiro atoms. The van der Waals surface area contributed by atoms with Gasteiger partial charge in [0.25, 0.3) is 5.91 Å². The van der Waals surface area contributed by atoms with Gasteiger partial charge in [0.15, 0.2) is 6.61 Å². The predicted molar refractivity (Wildman–Crippen MR) is 104 cm³/mol. The first-order valence-electron chi connectivity index (χ1n) is 8.86. The minimum Gasteiger partial charge on any atom is -0.484 e. The van der Waals surface area contributed by atoms with Gasteiger partial charge in [-0.1, -0.05) is 54.6 Å². The highest BCUT2D eigenvalue weighted by Gasteiger charge is 2.08. The number of hydrogen-bond donors (Lipinski definition) is 2. The van der Waals surface area contributed by atoms with Crippen LogP contribution in [0.2, 0.25) is 0 Å². The summed E-state index contributed by atoms with van der Waals surface area (Å²) in [7, 11) is 4.24. The predicted octanol–water partition coefficient (Wildman–Crippen LogP) is 2.18. The third-order valence-electron chi connectivity index (χ3n) is 4.23. The van der Waals surface area contributed by atoms with E-state index in [0.717, 1.165) is 22.9 Å². The van der Waals surface area contributed by atoms with Crippen LogP contribution in [0.15, 0.2) is 66.7 Å². The molecule has 0 saturated heterocycles. The molecule has 0 unspecified atom stereocenters. The summed E-state index contributed by atoms with van der Waals surface area (Å²) in [5, 5.41) is 5.21. The normalized spacial score (nSPS) is 10.9. The second-order valence-corrected chi connectivity index (χ2v) is 6.73. The van der Waals surface area contributed by atoms with Crippen molar-refractivity contribution in [1.82, 2.24) is 5.32 Å². The molecule has 1 amide bonds. The summed E-state index contributed by atoms with van der Waals surface area (Å²) in [6.07, 6.45) is 0. The van der Waals surface area contributed by atoms with Crippen LogP contribution in [0.4, 0.5) is 0 Å². The largest absolute Gasteiger partial charge is 0.484 e. The van der Waals surface area contributed by atoms with Crippen molar-refractivity contribution < 1.29 is 14.4 Å². The summed E-state index contributed by atoms with van der Waals surface area (Å²) < 4.78 is 5.64. The number of carbonyl (C=O) groups excluding carboxylic acids is 1. The highest BCUT2D eigenvalue weighted by molar-refractivity contribution is 5.84. The molecule has 0 heterocycles. The van der Waals surface area contributed by atoms with E-state index in [0.29, 0.717) is 12.3 Å². The van der Waals surface area contributed by atoms with E-state index in [1.807, 2.05) is 48.5 Å². The van der Waals surface area contributed by atoms with E-state index < -0.39 is 0 Å². The Morgan fingerprint density at radius 2 is 1.62 bits per heavy atom. The van der Waals surface area contributed by atoms with Crippen molar-refractivity contribution in [2.24, 2.45) is 0 Å². The van der Waals surface area contributed by atoms with Gasteiger partial charge in [0.1, 0.15) is 12.3 Å². The standard InChI is InChI=1S/C22H24N2O2/c1-24(2)15-20-10-6-5-9-19(20)14-23-22(25)16-26-21-12-11-17-7-3-4-8-18(17)13-21/h3-13H,14-16H2,1-2H3,(H,23,25)/p+1. The van der Waals surface area contributed by atoms with Crippen LogP contribution in [0.1, 0.15) is 11.1 Å². The van der Waals surface area contributed by atoms with Gasteiger partial charge in [0.2, 0.25) is 0 Å². The average Bonchev–Trinajstić information content (AvgIpc) is 2.65. The van der Waals surface area contributed by atoms with Gasteiger partial charge in [-0.2, -0.15) is 0 Å². The molecule has 26 heavy (non-hydrogen) atoms. The zero-order valence-electron chi connectivity index (χ0n) is 15.3. The SMILES string of the molecule is C[NH+](C)Cc1ccccc1CNC(=O)COc1ccc2ccccc2c1. The lowest BCUT2D eigenvalue weighted by Crippen LogP contribution is -3.04. The monoisotopic (exact) mass is 349 g/mol. The molecule has 0 aliphatic rings. The summed E-state index contributed by atoms with van der Waals surface area (Å²) in [6.45, 7) is 1.46. The molecular formula is C22H25N2O2+. The Bertz CT molecular complexity index is 890. The molecule has 3 aromatic carbocycles. The van der Waals surface area contributed by atoms with Gasteiger partial charge >= 0.3 is 0 Å². The van der Waals surface area contributed by atoms with E-state index in [-0.39, 0.29) is 12.5 Å². The fourth-order valence-corrected chi connectivity index (χ4v) is 2.93. The Balaban J connectivity index is 1.54. The van der Waals surface area contributed by atoms with Crippen molar-refractivity contribution in [3.63, 3.8) is 0 Å². The van der Waals surface area contributed by atoms with Gasteiger partial charge in [-0.15, -0.1) is 0 Å². The smallest absolute Gasteiger partial charge is 0.258 e. The lowest BCUT2D eigenvalue weighted by molar-refractivity contribution is -0.872. The first-order chi connectivity index (χ1) is 12.6. The zero-order chi connectivity index (χ0) is 18.4. The molecule has 3 aromatic rings. The van der Waals surface area contributed by atoms with Crippen molar-refractivity contribution >= 4 is 16.7 Å². The van der Waals surface area contributed by atoms with E-state index >= 15 is 0 Å². The first kappa shape index (κ1) is 18.0. The summed E-state index contributed by atoms with van der Waals surface area (Å²) >= 11 is 0. The molecule has 0 bridgehead atoms. The summed E-state index contributed by atoms with van der Waals surface area (Å²) in [5.74, 6) is 0.584. The number of rotatable bonds is 7. The topological polar surface area (TPSA) is 42.8 Å². The second kappa shape index (κ2) is 8.50. The number of nitrogens with one attached hydrogen (secondary N) is 2. The van der Waals surface area contributed by atoms with Crippen LogP contribution in [0.25, 0.3) is 10.8 Å². The number of benzene rings is 3. The fourth-order valence-electron chi connectivity index (χ4n) is 2.93. The molecule has 134 valence electrons. The number of carbonyl (C=O) groups is 1. The van der Waals surface area contributed by atoms with Gasteiger partial charge in [-0.05, 0) is 28.5 Å². The highest BCUT2D eigenvalue weighted by Crippen LogP contribution is 2.20. The van der Waals surface area contributed by atoms with Crippen LogP contribution in [-0.2, 0) is 17.9 Å². The molecule has 0 radical (unpaired) electrons. The van der Waals surface area contributed by atoms with Gasteiger partial charge < -0.3 is 15.0 Å². The molecular weight excluding hydrogens is 324 g/mol. The molecule has 4 nitrogen and oxygen atoms in total. The first-order valence-corrected chi connectivity index (χ1v) is 8.86. The summed E-state index contributed by atoms with van der Waals surface area (Å²) in [6, 6.07) is 22.1.